The fourth-order valence-electron chi connectivity index (χ4n) is 1.37. The van der Waals surface area contributed by atoms with Gasteiger partial charge in [0.05, 0.1) is 18.4 Å². The highest BCUT2D eigenvalue weighted by molar-refractivity contribution is 5.98. The third-order valence-corrected chi connectivity index (χ3v) is 2.21. The van der Waals surface area contributed by atoms with E-state index in [1.807, 2.05) is 6.92 Å². The fourth-order valence-corrected chi connectivity index (χ4v) is 1.37. The summed E-state index contributed by atoms with van der Waals surface area (Å²) in [5.41, 5.74) is 0.169. The first kappa shape index (κ1) is 13.4. The van der Waals surface area contributed by atoms with E-state index in [4.69, 9.17) is 5.11 Å². The molecule has 1 aromatic rings. The average molecular weight is 241 g/mol. The van der Waals surface area contributed by atoms with E-state index in [9.17, 15) is 9.18 Å². The number of carbonyl (C=O) groups is 1. The van der Waals surface area contributed by atoms with Crippen molar-refractivity contribution in [3.8, 4) is 0 Å². The monoisotopic (exact) mass is 241 g/mol. The quantitative estimate of drug-likeness (QED) is 0.797. The number of hydrogen-bond donors (Lipinski definition) is 2. The molecule has 1 heterocycles. The highest BCUT2D eigenvalue weighted by Gasteiger charge is 2.17. The van der Waals surface area contributed by atoms with Gasteiger partial charge in [-0.25, -0.2) is 9.37 Å². The van der Waals surface area contributed by atoms with Gasteiger partial charge in [0.1, 0.15) is 11.6 Å². The minimum Gasteiger partial charge on any atom is -0.395 e. The van der Waals surface area contributed by atoms with Gasteiger partial charge in [0.25, 0.3) is 5.91 Å². The van der Waals surface area contributed by atoms with Crippen LogP contribution in [0, 0.1) is 5.82 Å². The molecule has 1 aromatic heterocycles. The van der Waals surface area contributed by atoms with Crippen molar-refractivity contribution >= 4 is 11.7 Å². The SMILES string of the molecule is CCNc1ncc(F)cc1C(=O)N(C)CCO. The molecule has 6 heteroatoms. The Balaban J connectivity index is 3.01. The topological polar surface area (TPSA) is 65.5 Å². The summed E-state index contributed by atoms with van der Waals surface area (Å²) in [6.07, 6.45) is 1.06. The van der Waals surface area contributed by atoms with Crippen molar-refractivity contribution in [1.82, 2.24) is 9.88 Å². The second-order valence-electron chi connectivity index (χ2n) is 3.53. The molecule has 1 rings (SSSR count). The first-order valence-corrected chi connectivity index (χ1v) is 5.35. The molecule has 0 saturated carbocycles. The number of nitrogens with zero attached hydrogens (tertiary/aromatic N) is 2. The van der Waals surface area contributed by atoms with Crippen molar-refractivity contribution in [2.24, 2.45) is 0 Å². The van der Waals surface area contributed by atoms with Crippen LogP contribution in [0.25, 0.3) is 0 Å². The van der Waals surface area contributed by atoms with Crippen molar-refractivity contribution in [2.75, 3.05) is 32.1 Å². The number of aliphatic hydroxyl groups excluding tert-OH is 1. The predicted molar refractivity (Wildman–Crippen MR) is 62.4 cm³/mol. The Bertz CT molecular complexity index is 398. The Morgan fingerprint density at radius 1 is 1.65 bits per heavy atom. The number of amides is 1. The molecule has 1 amide bonds. The summed E-state index contributed by atoms with van der Waals surface area (Å²) in [6, 6.07) is 1.14. The second kappa shape index (κ2) is 6.15. The molecule has 0 aliphatic rings. The van der Waals surface area contributed by atoms with Crippen LogP contribution in [0.4, 0.5) is 10.2 Å². The Labute approximate surface area is 99.3 Å². The molecule has 0 saturated heterocycles. The molecule has 0 radical (unpaired) electrons. The molecular weight excluding hydrogens is 225 g/mol. The number of pyridine rings is 1. The van der Waals surface area contributed by atoms with Crippen LogP contribution in [-0.4, -0.2) is 47.6 Å². The zero-order valence-corrected chi connectivity index (χ0v) is 9.90. The van der Waals surface area contributed by atoms with Crippen molar-refractivity contribution in [3.63, 3.8) is 0 Å². The van der Waals surface area contributed by atoms with E-state index in [0.717, 1.165) is 12.3 Å². The van der Waals surface area contributed by atoms with Gasteiger partial charge in [-0.3, -0.25) is 4.79 Å². The molecule has 94 valence electrons. The zero-order valence-electron chi connectivity index (χ0n) is 9.90. The van der Waals surface area contributed by atoms with Crippen LogP contribution in [0.3, 0.4) is 0 Å². The van der Waals surface area contributed by atoms with Crippen molar-refractivity contribution < 1.29 is 14.3 Å². The summed E-state index contributed by atoms with van der Waals surface area (Å²) in [7, 11) is 1.54. The van der Waals surface area contributed by atoms with Crippen LogP contribution in [0.2, 0.25) is 0 Å². The minimum absolute atomic E-state index is 0.137. The summed E-state index contributed by atoms with van der Waals surface area (Å²) in [5.74, 6) is -0.585. The predicted octanol–water partition coefficient (Wildman–Crippen LogP) is 0.717. The molecule has 0 aliphatic heterocycles. The van der Waals surface area contributed by atoms with E-state index >= 15 is 0 Å². The van der Waals surface area contributed by atoms with Gasteiger partial charge in [0.2, 0.25) is 0 Å². The maximum absolute atomic E-state index is 13.1. The average Bonchev–Trinajstić information content (AvgIpc) is 2.31. The van der Waals surface area contributed by atoms with Gasteiger partial charge in [-0.15, -0.1) is 0 Å². The van der Waals surface area contributed by atoms with Gasteiger partial charge >= 0.3 is 0 Å². The number of hydrogen-bond acceptors (Lipinski definition) is 4. The Kier molecular flexibility index (Phi) is 4.84. The summed E-state index contributed by atoms with van der Waals surface area (Å²) in [4.78, 5) is 17.1. The number of halogens is 1. The maximum atomic E-state index is 13.1. The normalized spacial score (nSPS) is 10.1. The molecule has 17 heavy (non-hydrogen) atoms. The van der Waals surface area contributed by atoms with Crippen LogP contribution in [-0.2, 0) is 0 Å². The Morgan fingerprint density at radius 3 is 2.94 bits per heavy atom. The van der Waals surface area contributed by atoms with Crippen molar-refractivity contribution in [2.45, 2.75) is 6.92 Å². The lowest BCUT2D eigenvalue weighted by molar-refractivity contribution is 0.0767. The molecule has 0 aliphatic carbocycles. The van der Waals surface area contributed by atoms with Crippen molar-refractivity contribution in [1.29, 1.82) is 0 Å². The van der Waals surface area contributed by atoms with E-state index in [1.165, 1.54) is 4.90 Å². The molecule has 0 atom stereocenters. The number of nitrogens with one attached hydrogen (secondary N) is 1. The highest BCUT2D eigenvalue weighted by Crippen LogP contribution is 2.15. The van der Waals surface area contributed by atoms with Gasteiger partial charge in [0, 0.05) is 20.1 Å². The summed E-state index contributed by atoms with van der Waals surface area (Å²) in [5, 5.41) is 11.7. The largest absolute Gasteiger partial charge is 0.395 e. The third-order valence-electron chi connectivity index (χ3n) is 2.21. The van der Waals surface area contributed by atoms with Gasteiger partial charge in [-0.1, -0.05) is 0 Å². The van der Waals surface area contributed by atoms with E-state index in [2.05, 4.69) is 10.3 Å². The van der Waals surface area contributed by atoms with Gasteiger partial charge in [-0.2, -0.15) is 0 Å². The van der Waals surface area contributed by atoms with E-state index in [1.54, 1.807) is 7.05 Å². The number of likely N-dealkylation sites (N-methyl/N-ethyl adjacent to an activating group) is 1. The van der Waals surface area contributed by atoms with Crippen LogP contribution >= 0.6 is 0 Å². The van der Waals surface area contributed by atoms with Gasteiger partial charge < -0.3 is 15.3 Å². The number of aliphatic hydroxyl groups is 1. The summed E-state index contributed by atoms with van der Waals surface area (Å²) >= 11 is 0. The van der Waals surface area contributed by atoms with E-state index < -0.39 is 5.82 Å². The van der Waals surface area contributed by atoms with Gasteiger partial charge in [0.15, 0.2) is 0 Å². The van der Waals surface area contributed by atoms with Gasteiger partial charge in [-0.05, 0) is 13.0 Å². The minimum atomic E-state index is -0.563. The molecule has 0 unspecified atom stereocenters. The standard InChI is InChI=1S/C11H16FN3O2/c1-3-13-10-9(6-8(12)7-14-10)11(17)15(2)4-5-16/h6-7,16H,3-5H2,1-2H3,(H,13,14). The smallest absolute Gasteiger partial charge is 0.257 e. The lowest BCUT2D eigenvalue weighted by Gasteiger charge is -2.17. The maximum Gasteiger partial charge on any atom is 0.257 e. The Hall–Kier alpha value is -1.69. The molecule has 0 bridgehead atoms. The van der Waals surface area contributed by atoms with Crippen LogP contribution in [0.1, 0.15) is 17.3 Å². The number of aromatic nitrogens is 1. The van der Waals surface area contributed by atoms with E-state index in [-0.39, 0.29) is 24.6 Å². The second-order valence-corrected chi connectivity index (χ2v) is 3.53. The first-order chi connectivity index (χ1) is 8.10. The van der Waals surface area contributed by atoms with E-state index in [0.29, 0.717) is 12.4 Å². The molecule has 0 spiro atoms. The van der Waals surface area contributed by atoms with Crippen molar-refractivity contribution in [3.05, 3.63) is 23.6 Å². The molecular formula is C11H16FN3O2. The summed E-state index contributed by atoms with van der Waals surface area (Å²) in [6.45, 7) is 2.50. The third kappa shape index (κ3) is 3.39. The number of carbonyl (C=O) groups excluding carboxylic acids is 1. The van der Waals surface area contributed by atoms with Crippen LogP contribution in [0.5, 0.6) is 0 Å². The molecule has 0 aromatic carbocycles. The number of rotatable bonds is 5. The molecule has 0 fully saturated rings. The van der Waals surface area contributed by atoms with Crippen LogP contribution < -0.4 is 5.32 Å². The molecule has 5 nitrogen and oxygen atoms in total. The fraction of sp³-hybridized carbons (Fsp3) is 0.455. The molecule has 2 N–H and O–H groups in total. The zero-order chi connectivity index (χ0) is 12.8. The first-order valence-electron chi connectivity index (χ1n) is 5.35. The van der Waals surface area contributed by atoms with Crippen LogP contribution in [0.15, 0.2) is 12.3 Å². The number of anilines is 1. The lowest BCUT2D eigenvalue weighted by atomic mass is 10.2. The highest BCUT2D eigenvalue weighted by atomic mass is 19.1. The summed E-state index contributed by atoms with van der Waals surface area (Å²) < 4.78 is 13.1. The lowest BCUT2D eigenvalue weighted by Crippen LogP contribution is -2.30. The Morgan fingerprint density at radius 2 is 2.35 bits per heavy atom.